The van der Waals surface area contributed by atoms with Gasteiger partial charge in [-0.3, -0.25) is 4.90 Å². The summed E-state index contributed by atoms with van der Waals surface area (Å²) in [6.45, 7) is 1.43. The number of nitrogens with one attached hydrogen (secondary N) is 2. The number of likely N-dealkylation sites (tertiary alicyclic amines) is 1. The minimum Gasteiger partial charge on any atom is -0.394 e. The van der Waals surface area contributed by atoms with E-state index in [1.165, 1.54) is 18.2 Å². The van der Waals surface area contributed by atoms with Gasteiger partial charge in [0, 0.05) is 34.3 Å². The van der Waals surface area contributed by atoms with Crippen molar-refractivity contribution < 1.29 is 28.1 Å². The van der Waals surface area contributed by atoms with Gasteiger partial charge in [0.1, 0.15) is 11.4 Å². The van der Waals surface area contributed by atoms with Crippen molar-refractivity contribution in [1.82, 2.24) is 10.2 Å². The number of aliphatic hydroxyl groups excluding tert-OH is 1. The number of benzene rings is 2. The molecular formula is C24H29F3IN3O3. The van der Waals surface area contributed by atoms with E-state index in [1.54, 1.807) is 6.07 Å². The highest BCUT2D eigenvalue weighted by atomic mass is 127. The summed E-state index contributed by atoms with van der Waals surface area (Å²) < 4.78 is 49.0. The molecule has 2 aromatic carbocycles. The lowest BCUT2D eigenvalue weighted by molar-refractivity contribution is -0.139. The van der Waals surface area contributed by atoms with E-state index in [-0.39, 0.29) is 36.9 Å². The molecular weight excluding hydrogens is 562 g/mol. The van der Waals surface area contributed by atoms with Crippen LogP contribution in [0.25, 0.3) is 0 Å². The molecule has 0 amide bonds. The predicted octanol–water partition coefficient (Wildman–Crippen LogP) is 3.87. The molecule has 2 fully saturated rings. The molecule has 1 saturated heterocycles. The molecule has 6 nitrogen and oxygen atoms in total. The first-order valence-corrected chi connectivity index (χ1v) is 12.4. The van der Waals surface area contributed by atoms with E-state index >= 15 is 0 Å². The number of anilines is 2. The second kappa shape index (κ2) is 10.7. The maximum atomic E-state index is 14.5. The average molecular weight is 591 g/mol. The fourth-order valence-corrected chi connectivity index (χ4v) is 5.09. The van der Waals surface area contributed by atoms with Gasteiger partial charge in [0.2, 0.25) is 0 Å². The van der Waals surface area contributed by atoms with Crippen molar-refractivity contribution in [3.8, 4) is 0 Å². The molecule has 1 saturated carbocycles. The van der Waals surface area contributed by atoms with Crippen molar-refractivity contribution in [3.05, 3.63) is 56.9 Å². The van der Waals surface area contributed by atoms with Crippen LogP contribution in [0.2, 0.25) is 0 Å². The molecule has 1 aliphatic carbocycles. The number of ether oxygens (including phenoxy) is 1. The minimum atomic E-state index is -1.10. The lowest BCUT2D eigenvalue weighted by atomic mass is 9.91. The Labute approximate surface area is 210 Å². The van der Waals surface area contributed by atoms with Crippen LogP contribution in [-0.2, 0) is 11.3 Å². The highest BCUT2D eigenvalue weighted by Crippen LogP contribution is 2.31. The maximum Gasteiger partial charge on any atom is 0.182 e. The highest BCUT2D eigenvalue weighted by molar-refractivity contribution is 14.1. The van der Waals surface area contributed by atoms with Gasteiger partial charge in [0.05, 0.1) is 31.3 Å². The molecule has 0 atom stereocenters. The molecule has 4 rings (SSSR count). The molecule has 4 N–H and O–H groups in total. The largest absolute Gasteiger partial charge is 0.394 e. The van der Waals surface area contributed by atoms with Gasteiger partial charge in [-0.15, -0.1) is 0 Å². The third kappa shape index (κ3) is 5.85. The molecule has 2 aromatic rings. The van der Waals surface area contributed by atoms with Gasteiger partial charge in [-0.1, -0.05) is 18.9 Å². The van der Waals surface area contributed by atoms with E-state index < -0.39 is 23.1 Å². The van der Waals surface area contributed by atoms with Gasteiger partial charge >= 0.3 is 0 Å². The van der Waals surface area contributed by atoms with Crippen LogP contribution < -0.4 is 10.6 Å². The van der Waals surface area contributed by atoms with Gasteiger partial charge < -0.3 is 25.6 Å². The monoisotopic (exact) mass is 591 g/mol. The summed E-state index contributed by atoms with van der Waals surface area (Å²) in [6.07, 6.45) is 3.96. The Morgan fingerprint density at radius 2 is 1.79 bits per heavy atom. The van der Waals surface area contributed by atoms with Crippen LogP contribution in [0.5, 0.6) is 0 Å². The topological polar surface area (TPSA) is 77.0 Å². The van der Waals surface area contributed by atoms with Gasteiger partial charge in [-0.2, -0.15) is 0 Å². The highest BCUT2D eigenvalue weighted by Gasteiger charge is 2.43. The summed E-state index contributed by atoms with van der Waals surface area (Å²) in [4.78, 5) is 1.90. The first-order chi connectivity index (χ1) is 16.2. The fraction of sp³-hybridized carbons (Fsp3) is 0.500. The summed E-state index contributed by atoms with van der Waals surface area (Å²) >= 11 is 1.97. The van der Waals surface area contributed by atoms with E-state index in [0.29, 0.717) is 28.8 Å². The number of hydrogen-bond acceptors (Lipinski definition) is 6. The second-order valence-electron chi connectivity index (χ2n) is 9.33. The number of β-amino-alcohol motifs (C(OH)–C–C–N with tert-alkyl or cyclic N) is 1. The number of rotatable bonds is 10. The normalized spacial score (nSPS) is 19.2. The van der Waals surface area contributed by atoms with Gasteiger partial charge in [0.25, 0.3) is 0 Å². The van der Waals surface area contributed by atoms with Crippen LogP contribution >= 0.6 is 22.6 Å². The minimum absolute atomic E-state index is 0.0215. The van der Waals surface area contributed by atoms with Crippen molar-refractivity contribution in [3.63, 3.8) is 0 Å². The van der Waals surface area contributed by atoms with Gasteiger partial charge in [-0.25, -0.2) is 13.2 Å². The summed E-state index contributed by atoms with van der Waals surface area (Å²) in [5.41, 5.74) is -0.977. The van der Waals surface area contributed by atoms with Crippen molar-refractivity contribution in [2.45, 2.75) is 43.4 Å². The number of nitrogens with zero attached hydrogens (tertiary/aromatic N) is 1. The number of aliphatic hydroxyl groups is 2. The Kier molecular flexibility index (Phi) is 8.05. The summed E-state index contributed by atoms with van der Waals surface area (Å²) in [6, 6.07) is 6.84. The summed E-state index contributed by atoms with van der Waals surface area (Å²) in [7, 11) is 0. The second-order valence-corrected chi connectivity index (χ2v) is 10.6. The molecule has 0 unspecified atom stereocenters. The molecule has 10 heteroatoms. The van der Waals surface area contributed by atoms with Gasteiger partial charge in [0.15, 0.2) is 11.6 Å². The zero-order chi connectivity index (χ0) is 24.3. The van der Waals surface area contributed by atoms with Crippen LogP contribution in [0, 0.1) is 21.0 Å². The standard InChI is InChI=1S/C24H29F3IN3O3/c25-18-5-3-16(22(21(18)27)30-20-6-4-17(28)9-19(20)26)10-34-15-31-12-24(33,13-31)11-29-23(14-32)7-1-2-8-23/h3-6,9,29-30,32-33H,1-2,7-8,10-15H2. The Bertz CT molecular complexity index is 1010. The average Bonchev–Trinajstić information content (AvgIpc) is 3.27. The summed E-state index contributed by atoms with van der Waals surface area (Å²) in [5.74, 6) is -2.72. The lowest BCUT2D eigenvalue weighted by Gasteiger charge is -2.47. The van der Waals surface area contributed by atoms with Gasteiger partial charge in [-0.05, 0) is 59.7 Å². The SMILES string of the molecule is OCC1(NCC2(O)CN(COCc3ccc(F)c(F)c3Nc3ccc(I)cc3F)C2)CCCC1. The van der Waals surface area contributed by atoms with E-state index in [2.05, 4.69) is 10.6 Å². The molecule has 186 valence electrons. The van der Waals surface area contributed by atoms with E-state index in [0.717, 1.165) is 31.7 Å². The maximum absolute atomic E-state index is 14.5. The third-order valence-corrected chi connectivity index (χ3v) is 7.27. The first kappa shape index (κ1) is 25.6. The van der Waals surface area contributed by atoms with Crippen LogP contribution in [0.4, 0.5) is 24.5 Å². The van der Waals surface area contributed by atoms with Crippen molar-refractivity contribution in [1.29, 1.82) is 0 Å². The van der Waals surface area contributed by atoms with Crippen LogP contribution in [0.15, 0.2) is 30.3 Å². The quantitative estimate of drug-likeness (QED) is 0.315. The molecule has 34 heavy (non-hydrogen) atoms. The zero-order valence-corrected chi connectivity index (χ0v) is 20.9. The number of hydrogen-bond donors (Lipinski definition) is 4. The molecule has 1 heterocycles. The molecule has 1 aliphatic heterocycles. The predicted molar refractivity (Wildman–Crippen MR) is 131 cm³/mol. The third-order valence-electron chi connectivity index (χ3n) is 6.59. The van der Waals surface area contributed by atoms with Crippen LogP contribution in [0.3, 0.4) is 0 Å². The van der Waals surface area contributed by atoms with E-state index in [1.807, 2.05) is 27.5 Å². The molecule has 2 aliphatic rings. The molecule has 0 spiro atoms. The van der Waals surface area contributed by atoms with Crippen molar-refractivity contribution >= 4 is 34.0 Å². The number of halogens is 4. The van der Waals surface area contributed by atoms with Crippen molar-refractivity contribution in [2.24, 2.45) is 0 Å². The Morgan fingerprint density at radius 3 is 2.47 bits per heavy atom. The Balaban J connectivity index is 1.30. The van der Waals surface area contributed by atoms with Crippen LogP contribution in [-0.4, -0.2) is 59.2 Å². The zero-order valence-electron chi connectivity index (χ0n) is 18.7. The first-order valence-electron chi connectivity index (χ1n) is 11.3. The molecule has 0 radical (unpaired) electrons. The van der Waals surface area contributed by atoms with E-state index in [4.69, 9.17) is 4.74 Å². The Morgan fingerprint density at radius 1 is 1.06 bits per heavy atom. The van der Waals surface area contributed by atoms with E-state index in [9.17, 15) is 23.4 Å². The fourth-order valence-electron chi connectivity index (χ4n) is 4.64. The Hall–Kier alpha value is -1.44. The van der Waals surface area contributed by atoms with Crippen LogP contribution in [0.1, 0.15) is 31.2 Å². The molecule has 0 bridgehead atoms. The van der Waals surface area contributed by atoms with Crippen molar-refractivity contribution in [2.75, 3.05) is 38.3 Å². The summed E-state index contributed by atoms with van der Waals surface area (Å²) in [5, 5.41) is 26.4. The lowest BCUT2D eigenvalue weighted by Crippen LogP contribution is -2.68. The smallest absolute Gasteiger partial charge is 0.182 e. The molecule has 0 aromatic heterocycles.